The van der Waals surface area contributed by atoms with Gasteiger partial charge in [0.25, 0.3) is 0 Å². The van der Waals surface area contributed by atoms with E-state index in [1.165, 1.54) is 12.1 Å². The Bertz CT molecular complexity index is 709. The highest BCUT2D eigenvalue weighted by molar-refractivity contribution is 5.78. The average molecular weight is 357 g/mol. The van der Waals surface area contributed by atoms with E-state index >= 15 is 0 Å². The molecule has 0 unspecified atom stereocenters. The molecule has 0 bridgehead atoms. The molecule has 1 aromatic heterocycles. The zero-order chi connectivity index (χ0) is 18.4. The number of aliphatic hydroxyl groups excluding tert-OH is 1. The largest absolute Gasteiger partial charge is 0.391 e. The third-order valence-corrected chi connectivity index (χ3v) is 4.70. The van der Waals surface area contributed by atoms with Gasteiger partial charge in [0.1, 0.15) is 5.82 Å². The maximum absolute atomic E-state index is 12.9. The lowest BCUT2D eigenvalue weighted by Gasteiger charge is -2.15. The fourth-order valence-electron chi connectivity index (χ4n) is 3.31. The number of nitrogens with zero attached hydrogens (tertiary/aromatic N) is 2. The first kappa shape index (κ1) is 18.5. The van der Waals surface area contributed by atoms with Crippen molar-refractivity contribution in [3.63, 3.8) is 0 Å². The highest BCUT2D eigenvalue weighted by Crippen LogP contribution is 2.20. The Hall–Kier alpha value is -2.31. The zero-order valence-corrected chi connectivity index (χ0v) is 14.6. The summed E-state index contributed by atoms with van der Waals surface area (Å²) in [5.41, 5.74) is 1.95. The lowest BCUT2D eigenvalue weighted by molar-refractivity contribution is -0.122. The minimum atomic E-state index is -0.441. The first-order valence-corrected chi connectivity index (χ1v) is 8.91. The Kier molecular flexibility index (Phi) is 6.30. The van der Waals surface area contributed by atoms with E-state index in [0.29, 0.717) is 32.5 Å². The molecule has 0 spiro atoms. The van der Waals surface area contributed by atoms with Crippen molar-refractivity contribution in [2.24, 2.45) is 5.92 Å². The van der Waals surface area contributed by atoms with Crippen LogP contribution >= 0.6 is 0 Å². The number of amides is 1. The molecule has 3 rings (SSSR count). The Morgan fingerprint density at radius 2 is 2.04 bits per heavy atom. The van der Waals surface area contributed by atoms with Gasteiger partial charge in [0.15, 0.2) is 0 Å². The Labute approximate surface area is 152 Å². The molecule has 26 heavy (non-hydrogen) atoms. The molecule has 1 fully saturated rings. The van der Waals surface area contributed by atoms with E-state index in [1.54, 1.807) is 18.3 Å². The molecule has 1 saturated heterocycles. The summed E-state index contributed by atoms with van der Waals surface area (Å²) >= 11 is 0. The first-order valence-electron chi connectivity index (χ1n) is 8.91. The Balaban J connectivity index is 1.39. The summed E-state index contributed by atoms with van der Waals surface area (Å²) < 4.78 is 12.9. The van der Waals surface area contributed by atoms with E-state index in [9.17, 15) is 14.3 Å². The number of aromatic nitrogens is 1. The second-order valence-electron chi connectivity index (χ2n) is 6.77. The highest BCUT2D eigenvalue weighted by Gasteiger charge is 2.32. The monoisotopic (exact) mass is 357 g/mol. The normalized spacial score (nSPS) is 20.2. The molecule has 0 saturated carbocycles. The number of rotatable bonds is 7. The molecule has 138 valence electrons. The van der Waals surface area contributed by atoms with Gasteiger partial charge in [0.05, 0.1) is 12.6 Å². The van der Waals surface area contributed by atoms with Crippen molar-refractivity contribution in [1.29, 1.82) is 0 Å². The second kappa shape index (κ2) is 8.87. The number of likely N-dealkylation sites (tertiary alicyclic amines) is 1. The van der Waals surface area contributed by atoms with Crippen LogP contribution in [-0.2, 0) is 17.6 Å². The van der Waals surface area contributed by atoms with E-state index in [2.05, 4.69) is 10.3 Å². The van der Waals surface area contributed by atoms with Gasteiger partial charge >= 0.3 is 0 Å². The Morgan fingerprint density at radius 1 is 1.23 bits per heavy atom. The van der Waals surface area contributed by atoms with Gasteiger partial charge in [0.2, 0.25) is 5.91 Å². The van der Waals surface area contributed by atoms with Crippen LogP contribution in [0.1, 0.15) is 11.3 Å². The van der Waals surface area contributed by atoms with Crippen molar-refractivity contribution in [1.82, 2.24) is 15.2 Å². The van der Waals surface area contributed by atoms with Gasteiger partial charge in [-0.15, -0.1) is 0 Å². The zero-order valence-electron chi connectivity index (χ0n) is 14.6. The number of hydrogen-bond acceptors (Lipinski definition) is 4. The standard InChI is InChI=1S/C20H24FN3O2/c21-17-6-4-15(5-7-17)8-10-23-20(26)14-24-12-16(19(25)13-24)11-18-3-1-2-9-22-18/h1-7,9,16,19,25H,8,10-14H2,(H,23,26)/t16-,19-/m1/s1. The van der Waals surface area contributed by atoms with Crippen LogP contribution in [0.25, 0.3) is 0 Å². The van der Waals surface area contributed by atoms with E-state index in [-0.39, 0.29) is 24.2 Å². The summed E-state index contributed by atoms with van der Waals surface area (Å²) in [5.74, 6) is -0.222. The van der Waals surface area contributed by atoms with Gasteiger partial charge in [0, 0.05) is 37.4 Å². The lowest BCUT2D eigenvalue weighted by Crippen LogP contribution is -2.37. The molecule has 2 N–H and O–H groups in total. The molecular formula is C20H24FN3O2. The predicted octanol–water partition coefficient (Wildman–Crippen LogP) is 1.41. The molecule has 1 aliphatic rings. The number of hydrogen-bond donors (Lipinski definition) is 2. The third kappa shape index (κ3) is 5.34. The van der Waals surface area contributed by atoms with Crippen molar-refractivity contribution in [2.45, 2.75) is 18.9 Å². The van der Waals surface area contributed by atoms with Crippen molar-refractivity contribution in [2.75, 3.05) is 26.2 Å². The molecule has 6 heteroatoms. The van der Waals surface area contributed by atoms with E-state index in [1.807, 2.05) is 23.1 Å². The smallest absolute Gasteiger partial charge is 0.234 e. The minimum absolute atomic E-state index is 0.0576. The number of β-amino-alcohol motifs (C(OH)–C–C–N with tert-alkyl or cyclic N) is 1. The van der Waals surface area contributed by atoms with Crippen LogP contribution in [0, 0.1) is 11.7 Å². The molecule has 1 amide bonds. The number of aliphatic hydroxyl groups is 1. The minimum Gasteiger partial charge on any atom is -0.391 e. The van der Waals surface area contributed by atoms with Crippen LogP contribution in [-0.4, -0.2) is 53.2 Å². The molecule has 1 aliphatic heterocycles. The van der Waals surface area contributed by atoms with Crippen LogP contribution in [0.15, 0.2) is 48.7 Å². The van der Waals surface area contributed by atoms with Crippen LogP contribution in [0.4, 0.5) is 4.39 Å². The van der Waals surface area contributed by atoms with Crippen LogP contribution in [0.2, 0.25) is 0 Å². The molecule has 5 nitrogen and oxygen atoms in total. The number of benzene rings is 1. The third-order valence-electron chi connectivity index (χ3n) is 4.70. The number of carbonyl (C=O) groups is 1. The molecule has 0 radical (unpaired) electrons. The van der Waals surface area contributed by atoms with Gasteiger partial charge in [-0.1, -0.05) is 18.2 Å². The van der Waals surface area contributed by atoms with Crippen molar-refractivity contribution in [3.05, 3.63) is 65.7 Å². The average Bonchev–Trinajstić information content (AvgIpc) is 2.96. The van der Waals surface area contributed by atoms with Crippen molar-refractivity contribution >= 4 is 5.91 Å². The van der Waals surface area contributed by atoms with Crippen molar-refractivity contribution < 1.29 is 14.3 Å². The van der Waals surface area contributed by atoms with E-state index < -0.39 is 6.10 Å². The summed E-state index contributed by atoms with van der Waals surface area (Å²) in [5, 5.41) is 13.1. The highest BCUT2D eigenvalue weighted by atomic mass is 19.1. The molecule has 2 aromatic rings. The summed E-state index contributed by atoms with van der Waals surface area (Å²) in [6.07, 6.45) is 2.69. The van der Waals surface area contributed by atoms with Gasteiger partial charge in [-0.05, 0) is 42.7 Å². The molecule has 0 aliphatic carbocycles. The fourth-order valence-corrected chi connectivity index (χ4v) is 3.31. The maximum atomic E-state index is 12.9. The number of carbonyl (C=O) groups excluding carboxylic acids is 1. The molecule has 2 heterocycles. The van der Waals surface area contributed by atoms with Crippen LogP contribution in [0.5, 0.6) is 0 Å². The SMILES string of the molecule is O=C(CN1C[C@@H](Cc2ccccn2)[C@H](O)C1)NCCc1ccc(F)cc1. The molecular weight excluding hydrogens is 333 g/mol. The van der Waals surface area contributed by atoms with Crippen LogP contribution < -0.4 is 5.32 Å². The fraction of sp³-hybridized carbons (Fsp3) is 0.400. The van der Waals surface area contributed by atoms with E-state index in [0.717, 1.165) is 11.3 Å². The molecule has 2 atom stereocenters. The quantitative estimate of drug-likeness (QED) is 0.787. The summed E-state index contributed by atoms with van der Waals surface area (Å²) in [7, 11) is 0. The van der Waals surface area contributed by atoms with Gasteiger partial charge < -0.3 is 10.4 Å². The topological polar surface area (TPSA) is 65.5 Å². The predicted molar refractivity (Wildman–Crippen MR) is 97.0 cm³/mol. The van der Waals surface area contributed by atoms with Gasteiger partial charge in [-0.2, -0.15) is 0 Å². The van der Waals surface area contributed by atoms with Crippen molar-refractivity contribution in [3.8, 4) is 0 Å². The molecule has 1 aromatic carbocycles. The van der Waals surface area contributed by atoms with Gasteiger partial charge in [-0.25, -0.2) is 4.39 Å². The van der Waals surface area contributed by atoms with E-state index in [4.69, 9.17) is 0 Å². The number of nitrogens with one attached hydrogen (secondary N) is 1. The maximum Gasteiger partial charge on any atom is 0.234 e. The number of pyridine rings is 1. The van der Waals surface area contributed by atoms with Crippen LogP contribution in [0.3, 0.4) is 0 Å². The summed E-state index contributed by atoms with van der Waals surface area (Å²) in [4.78, 5) is 18.4. The van der Waals surface area contributed by atoms with Gasteiger partial charge in [-0.3, -0.25) is 14.7 Å². The lowest BCUT2D eigenvalue weighted by atomic mass is 10.00. The number of halogens is 1. The summed E-state index contributed by atoms with van der Waals surface area (Å²) in [6, 6.07) is 12.1. The first-order chi connectivity index (χ1) is 12.6. The summed E-state index contributed by atoms with van der Waals surface area (Å²) in [6.45, 7) is 1.98. The Morgan fingerprint density at radius 3 is 2.77 bits per heavy atom. The second-order valence-corrected chi connectivity index (χ2v) is 6.77.